The molecule has 7 heteroatoms. The first-order valence-electron chi connectivity index (χ1n) is 6.18. The zero-order valence-corrected chi connectivity index (χ0v) is 12.7. The van der Waals surface area contributed by atoms with Gasteiger partial charge in [0.05, 0.1) is 18.0 Å². The lowest BCUT2D eigenvalue weighted by Gasteiger charge is -2.06. The third-order valence-electron chi connectivity index (χ3n) is 2.75. The van der Waals surface area contributed by atoms with Crippen molar-refractivity contribution in [3.63, 3.8) is 0 Å². The normalized spacial score (nSPS) is 11.7. The number of aryl methyl sites for hydroxylation is 1. The van der Waals surface area contributed by atoms with Crippen molar-refractivity contribution in [3.8, 4) is 0 Å². The van der Waals surface area contributed by atoms with Crippen LogP contribution in [0.3, 0.4) is 0 Å². The van der Waals surface area contributed by atoms with E-state index in [1.54, 1.807) is 18.3 Å². The smallest absolute Gasteiger partial charge is 0.240 e. The van der Waals surface area contributed by atoms with Crippen LogP contribution < -0.4 is 4.72 Å². The van der Waals surface area contributed by atoms with Crippen molar-refractivity contribution in [2.75, 3.05) is 0 Å². The average Bonchev–Trinajstić information content (AvgIpc) is 2.93. The second-order valence-corrected chi connectivity index (χ2v) is 7.17. The second kappa shape index (κ2) is 6.45. The van der Waals surface area contributed by atoms with E-state index < -0.39 is 10.0 Å². The summed E-state index contributed by atoms with van der Waals surface area (Å²) in [6, 6.07) is 6.24. The molecule has 1 aromatic heterocycles. The maximum Gasteiger partial charge on any atom is 0.240 e. The maximum absolute atomic E-state index is 12.1. The van der Waals surface area contributed by atoms with E-state index in [1.165, 1.54) is 23.5 Å². The molecule has 2 N–H and O–H groups in total. The molecular weight excluding hydrogens is 296 g/mol. The van der Waals surface area contributed by atoms with Gasteiger partial charge in [0.25, 0.3) is 0 Å². The highest BCUT2D eigenvalue weighted by Crippen LogP contribution is 2.15. The number of aromatic nitrogens is 1. The summed E-state index contributed by atoms with van der Waals surface area (Å²) in [4.78, 5) is 5.44. The summed E-state index contributed by atoms with van der Waals surface area (Å²) in [5.74, 6) is 0. The van der Waals surface area contributed by atoms with Crippen LogP contribution in [0.5, 0.6) is 0 Å². The van der Waals surface area contributed by atoms with Crippen LogP contribution in [0, 0.1) is 0 Å². The summed E-state index contributed by atoms with van der Waals surface area (Å²) >= 11 is 1.50. The van der Waals surface area contributed by atoms with Gasteiger partial charge >= 0.3 is 0 Å². The van der Waals surface area contributed by atoms with E-state index in [-0.39, 0.29) is 18.0 Å². The summed E-state index contributed by atoms with van der Waals surface area (Å²) in [5, 5.41) is 9.78. The summed E-state index contributed by atoms with van der Waals surface area (Å²) in [6.07, 6.45) is 2.66. The van der Waals surface area contributed by atoms with Crippen molar-refractivity contribution in [3.05, 3.63) is 45.9 Å². The Balaban J connectivity index is 2.10. The van der Waals surface area contributed by atoms with Crippen LogP contribution in [-0.2, 0) is 29.6 Å². The fraction of sp³-hybridized carbons (Fsp3) is 0.308. The lowest BCUT2D eigenvalue weighted by atomic mass is 10.2. The van der Waals surface area contributed by atoms with Crippen LogP contribution in [0.1, 0.15) is 22.4 Å². The second-order valence-electron chi connectivity index (χ2n) is 4.20. The molecule has 0 aliphatic heterocycles. The number of benzene rings is 1. The van der Waals surface area contributed by atoms with Gasteiger partial charge in [-0.15, -0.1) is 11.3 Å². The Bertz CT molecular complexity index is 680. The standard InChI is InChI=1S/C13H16N2O3S2/c1-2-11-7-14-13(19-11)8-15-20(17,18)12-5-3-4-10(6-12)9-16/h3-7,15-16H,2,8-9H2,1H3. The molecule has 5 nitrogen and oxygen atoms in total. The Labute approximate surface area is 122 Å². The van der Waals surface area contributed by atoms with Crippen molar-refractivity contribution in [2.24, 2.45) is 0 Å². The molecule has 0 aliphatic carbocycles. The van der Waals surface area contributed by atoms with Crippen LogP contribution in [0.4, 0.5) is 0 Å². The molecule has 0 spiro atoms. The monoisotopic (exact) mass is 312 g/mol. The Morgan fingerprint density at radius 3 is 2.85 bits per heavy atom. The van der Waals surface area contributed by atoms with E-state index in [0.717, 1.165) is 16.3 Å². The zero-order chi connectivity index (χ0) is 14.6. The van der Waals surface area contributed by atoms with Gasteiger partial charge in [-0.05, 0) is 24.1 Å². The van der Waals surface area contributed by atoms with Crippen molar-refractivity contribution >= 4 is 21.4 Å². The largest absolute Gasteiger partial charge is 0.392 e. The van der Waals surface area contributed by atoms with Gasteiger partial charge in [-0.3, -0.25) is 0 Å². The molecule has 1 aromatic carbocycles. The van der Waals surface area contributed by atoms with E-state index in [1.807, 2.05) is 6.92 Å². The summed E-state index contributed by atoms with van der Waals surface area (Å²) in [6.45, 7) is 2.02. The third kappa shape index (κ3) is 3.63. The first kappa shape index (κ1) is 15.1. The number of sulfonamides is 1. The lowest BCUT2D eigenvalue weighted by molar-refractivity contribution is 0.281. The number of nitrogens with zero attached hydrogens (tertiary/aromatic N) is 1. The molecule has 0 amide bonds. The molecule has 0 fully saturated rings. The van der Waals surface area contributed by atoms with Gasteiger partial charge in [-0.1, -0.05) is 19.1 Å². The number of thiazole rings is 1. The molecule has 0 atom stereocenters. The number of nitrogens with one attached hydrogen (secondary N) is 1. The molecule has 20 heavy (non-hydrogen) atoms. The van der Waals surface area contributed by atoms with E-state index in [2.05, 4.69) is 9.71 Å². The maximum atomic E-state index is 12.1. The fourth-order valence-electron chi connectivity index (χ4n) is 1.64. The molecule has 0 aliphatic rings. The summed E-state index contributed by atoms with van der Waals surface area (Å²) in [7, 11) is -3.58. The lowest BCUT2D eigenvalue weighted by Crippen LogP contribution is -2.23. The van der Waals surface area contributed by atoms with Gasteiger partial charge in [0.2, 0.25) is 10.0 Å². The molecule has 0 radical (unpaired) electrons. The number of aliphatic hydroxyl groups is 1. The first-order valence-corrected chi connectivity index (χ1v) is 8.48. The predicted molar refractivity (Wildman–Crippen MR) is 77.9 cm³/mol. The molecule has 1 heterocycles. The summed E-state index contributed by atoms with van der Waals surface area (Å²) < 4.78 is 26.8. The van der Waals surface area contributed by atoms with Crippen LogP contribution in [-0.4, -0.2) is 18.5 Å². The number of hydrogen-bond acceptors (Lipinski definition) is 5. The minimum absolute atomic E-state index is 0.149. The van der Waals surface area contributed by atoms with Gasteiger partial charge in [0.15, 0.2) is 0 Å². The van der Waals surface area contributed by atoms with Gasteiger partial charge in [0, 0.05) is 11.1 Å². The molecular formula is C13H16N2O3S2. The Morgan fingerprint density at radius 2 is 2.20 bits per heavy atom. The number of hydrogen-bond donors (Lipinski definition) is 2. The fourth-order valence-corrected chi connectivity index (χ4v) is 3.60. The van der Waals surface area contributed by atoms with E-state index in [4.69, 9.17) is 5.11 Å². The summed E-state index contributed by atoms with van der Waals surface area (Å²) in [5.41, 5.74) is 0.565. The highest BCUT2D eigenvalue weighted by molar-refractivity contribution is 7.89. The van der Waals surface area contributed by atoms with Gasteiger partial charge in [-0.2, -0.15) is 0 Å². The molecule has 0 bridgehead atoms. The van der Waals surface area contributed by atoms with Crippen molar-refractivity contribution in [2.45, 2.75) is 31.4 Å². The van der Waals surface area contributed by atoms with Crippen molar-refractivity contribution in [1.82, 2.24) is 9.71 Å². The van der Waals surface area contributed by atoms with Crippen LogP contribution in [0.2, 0.25) is 0 Å². The highest BCUT2D eigenvalue weighted by atomic mass is 32.2. The molecule has 0 unspecified atom stereocenters. The SMILES string of the molecule is CCc1cnc(CNS(=O)(=O)c2cccc(CO)c2)s1. The van der Waals surface area contributed by atoms with Gasteiger partial charge in [0.1, 0.15) is 5.01 Å². The van der Waals surface area contributed by atoms with Crippen molar-refractivity contribution in [1.29, 1.82) is 0 Å². The Hall–Kier alpha value is -1.28. The molecule has 0 saturated carbocycles. The van der Waals surface area contributed by atoms with Crippen molar-refractivity contribution < 1.29 is 13.5 Å². The molecule has 108 valence electrons. The Morgan fingerprint density at radius 1 is 1.40 bits per heavy atom. The average molecular weight is 312 g/mol. The third-order valence-corrected chi connectivity index (χ3v) is 5.30. The molecule has 2 rings (SSSR count). The minimum Gasteiger partial charge on any atom is -0.392 e. The van der Waals surface area contributed by atoms with Crippen LogP contribution in [0.15, 0.2) is 35.4 Å². The molecule has 0 saturated heterocycles. The highest BCUT2D eigenvalue weighted by Gasteiger charge is 2.14. The van der Waals surface area contributed by atoms with Crippen LogP contribution >= 0.6 is 11.3 Å². The van der Waals surface area contributed by atoms with E-state index >= 15 is 0 Å². The number of rotatable bonds is 6. The first-order chi connectivity index (χ1) is 9.55. The quantitative estimate of drug-likeness (QED) is 0.850. The van der Waals surface area contributed by atoms with Gasteiger partial charge < -0.3 is 5.11 Å². The minimum atomic E-state index is -3.58. The molecule has 2 aromatic rings. The van der Waals surface area contributed by atoms with E-state index in [0.29, 0.717) is 5.56 Å². The van der Waals surface area contributed by atoms with Gasteiger partial charge in [-0.25, -0.2) is 18.1 Å². The zero-order valence-electron chi connectivity index (χ0n) is 11.0. The Kier molecular flexibility index (Phi) is 4.87. The predicted octanol–water partition coefficient (Wildman–Crippen LogP) is 1.68. The van der Waals surface area contributed by atoms with E-state index in [9.17, 15) is 8.42 Å². The van der Waals surface area contributed by atoms with Crippen LogP contribution in [0.25, 0.3) is 0 Å². The number of aliphatic hydroxyl groups excluding tert-OH is 1. The topological polar surface area (TPSA) is 79.3 Å².